The number of piperidine rings is 2. The van der Waals surface area contributed by atoms with Gasteiger partial charge in [0.25, 0.3) is 6.43 Å². The molecule has 1 aromatic carbocycles. The van der Waals surface area contributed by atoms with E-state index in [0.29, 0.717) is 48.8 Å². The number of likely N-dealkylation sites (tertiary alicyclic amines) is 1. The monoisotopic (exact) mass is 606 g/mol. The lowest BCUT2D eigenvalue weighted by Crippen LogP contribution is -2.51. The maximum Gasteiger partial charge on any atom is 0.264 e. The lowest BCUT2D eigenvalue weighted by Gasteiger charge is -2.42. The van der Waals surface area contributed by atoms with Crippen molar-refractivity contribution < 1.29 is 13.6 Å². The Morgan fingerprint density at radius 1 is 1.09 bits per heavy atom. The number of fused-ring (bicyclic) bond motifs is 2. The van der Waals surface area contributed by atoms with Crippen molar-refractivity contribution in [3.8, 4) is 11.1 Å². The van der Waals surface area contributed by atoms with Gasteiger partial charge in [-0.2, -0.15) is 10.2 Å². The van der Waals surface area contributed by atoms with E-state index in [2.05, 4.69) is 31.8 Å². The van der Waals surface area contributed by atoms with Crippen molar-refractivity contribution in [1.82, 2.24) is 34.7 Å². The zero-order valence-corrected chi connectivity index (χ0v) is 26.1. The number of benzene rings is 1. The summed E-state index contributed by atoms with van der Waals surface area (Å²) in [5.74, 6) is 1.53. The molecule has 11 heteroatoms. The van der Waals surface area contributed by atoms with Gasteiger partial charge in [0, 0.05) is 86.9 Å². The van der Waals surface area contributed by atoms with Crippen LogP contribution < -0.4 is 10.2 Å². The lowest BCUT2D eigenvalue weighted by atomic mass is 9.91. The molecule has 44 heavy (non-hydrogen) atoms. The molecule has 0 unspecified atom stereocenters. The van der Waals surface area contributed by atoms with Gasteiger partial charge in [-0.3, -0.25) is 19.1 Å². The fourth-order valence-corrected chi connectivity index (χ4v) is 8.08. The van der Waals surface area contributed by atoms with Crippen molar-refractivity contribution in [1.29, 1.82) is 0 Å². The average Bonchev–Trinajstić information content (AvgIpc) is 3.64. The summed E-state index contributed by atoms with van der Waals surface area (Å²) in [6, 6.07) is 4.54. The predicted octanol–water partition coefficient (Wildman–Crippen LogP) is 4.85. The molecule has 6 heterocycles. The number of carbonyl (C=O) groups is 1. The van der Waals surface area contributed by atoms with Gasteiger partial charge in [0.15, 0.2) is 5.82 Å². The van der Waals surface area contributed by atoms with E-state index in [1.807, 2.05) is 11.0 Å². The van der Waals surface area contributed by atoms with Crippen LogP contribution in [0.5, 0.6) is 0 Å². The van der Waals surface area contributed by atoms with Gasteiger partial charge in [0.1, 0.15) is 0 Å². The minimum atomic E-state index is -2.62. The fourth-order valence-electron chi connectivity index (χ4n) is 8.08. The van der Waals surface area contributed by atoms with Crippen LogP contribution in [0.25, 0.3) is 11.1 Å². The SMILES string of the molecule is CC(=O)N1CCc2c(c(N3CCCc4cc(-c5cnn(C)c5)c(C(F)F)cc43)nn2C2CCN([C@H]3CCNC[C@@H]3C)CC2)C1. The van der Waals surface area contributed by atoms with Gasteiger partial charge in [-0.15, -0.1) is 0 Å². The highest BCUT2D eigenvalue weighted by molar-refractivity contribution is 5.78. The van der Waals surface area contributed by atoms with Crippen molar-refractivity contribution in [2.45, 2.75) is 77.4 Å². The van der Waals surface area contributed by atoms with E-state index in [1.165, 1.54) is 12.1 Å². The minimum absolute atomic E-state index is 0.0156. The summed E-state index contributed by atoms with van der Waals surface area (Å²) in [6.07, 6.45) is 6.59. The number of rotatable bonds is 5. The molecule has 2 atom stereocenters. The number of nitrogens with zero attached hydrogens (tertiary/aromatic N) is 7. The Kier molecular flexibility index (Phi) is 7.95. The average molecular weight is 607 g/mol. The Labute approximate surface area is 258 Å². The normalized spacial score (nSPS) is 23.2. The quantitative estimate of drug-likeness (QED) is 0.448. The van der Waals surface area contributed by atoms with E-state index in [9.17, 15) is 13.6 Å². The fraction of sp³-hybridized carbons (Fsp3) is 0.606. The Bertz CT molecular complexity index is 1520. The first kappa shape index (κ1) is 29.4. The highest BCUT2D eigenvalue weighted by Gasteiger charge is 2.36. The number of aryl methyl sites for hydroxylation is 2. The Morgan fingerprint density at radius 3 is 2.61 bits per heavy atom. The van der Waals surface area contributed by atoms with Gasteiger partial charge in [-0.25, -0.2) is 8.78 Å². The second-order valence-electron chi connectivity index (χ2n) is 13.2. The third-order valence-corrected chi connectivity index (χ3v) is 10.4. The van der Waals surface area contributed by atoms with Crippen LogP contribution in [-0.2, 0) is 31.2 Å². The third kappa shape index (κ3) is 5.31. The predicted molar refractivity (Wildman–Crippen MR) is 166 cm³/mol. The number of hydrogen-bond acceptors (Lipinski definition) is 6. The first-order chi connectivity index (χ1) is 21.3. The highest BCUT2D eigenvalue weighted by atomic mass is 19.3. The minimum Gasteiger partial charge on any atom is -0.338 e. The van der Waals surface area contributed by atoms with E-state index in [4.69, 9.17) is 5.10 Å². The molecule has 0 bridgehead atoms. The van der Waals surface area contributed by atoms with E-state index in [1.54, 1.807) is 37.1 Å². The number of carbonyl (C=O) groups excluding carboxylic acids is 1. The van der Waals surface area contributed by atoms with Gasteiger partial charge in [-0.1, -0.05) is 6.92 Å². The third-order valence-electron chi connectivity index (χ3n) is 10.4. The Hall–Kier alpha value is -3.31. The van der Waals surface area contributed by atoms with Crippen molar-refractivity contribution in [3.05, 3.63) is 46.9 Å². The summed E-state index contributed by atoms with van der Waals surface area (Å²) in [4.78, 5) is 19.2. The largest absolute Gasteiger partial charge is 0.338 e. The molecular formula is C33H44F2N8O. The molecule has 1 amide bonds. The van der Waals surface area contributed by atoms with Crippen LogP contribution in [0.2, 0.25) is 0 Å². The molecule has 0 saturated carbocycles. The molecule has 0 spiro atoms. The molecule has 4 aliphatic heterocycles. The van der Waals surface area contributed by atoms with Crippen molar-refractivity contribution >= 4 is 17.4 Å². The van der Waals surface area contributed by atoms with E-state index in [0.717, 1.165) is 80.9 Å². The van der Waals surface area contributed by atoms with Gasteiger partial charge in [-0.05, 0) is 74.4 Å². The summed E-state index contributed by atoms with van der Waals surface area (Å²) < 4.78 is 33.0. The molecule has 2 saturated heterocycles. The summed E-state index contributed by atoms with van der Waals surface area (Å²) in [6.45, 7) is 10.2. The summed E-state index contributed by atoms with van der Waals surface area (Å²) in [5, 5.41) is 13.1. The van der Waals surface area contributed by atoms with Crippen LogP contribution in [0, 0.1) is 5.92 Å². The maximum atomic E-state index is 14.6. The van der Waals surface area contributed by atoms with Crippen molar-refractivity contribution in [2.24, 2.45) is 13.0 Å². The van der Waals surface area contributed by atoms with Crippen LogP contribution >= 0.6 is 0 Å². The molecule has 0 radical (unpaired) electrons. The number of hydrogen-bond donors (Lipinski definition) is 1. The van der Waals surface area contributed by atoms with Gasteiger partial charge < -0.3 is 15.1 Å². The summed E-state index contributed by atoms with van der Waals surface area (Å²) in [5.41, 5.74) is 5.39. The molecule has 3 aromatic rings. The van der Waals surface area contributed by atoms with Crippen LogP contribution in [-0.4, -0.2) is 80.6 Å². The first-order valence-corrected chi connectivity index (χ1v) is 16.3. The smallest absolute Gasteiger partial charge is 0.264 e. The van der Waals surface area contributed by atoms with Crippen LogP contribution in [0.4, 0.5) is 20.3 Å². The topological polar surface area (TPSA) is 74.5 Å². The second-order valence-corrected chi connectivity index (χ2v) is 13.2. The number of amides is 1. The Balaban J connectivity index is 1.24. The molecular weight excluding hydrogens is 562 g/mol. The lowest BCUT2D eigenvalue weighted by molar-refractivity contribution is -0.129. The molecule has 9 nitrogen and oxygen atoms in total. The second kappa shape index (κ2) is 11.9. The molecule has 7 rings (SSSR count). The molecule has 1 N–H and O–H groups in total. The molecule has 2 aromatic heterocycles. The summed E-state index contributed by atoms with van der Waals surface area (Å²) in [7, 11) is 1.80. The zero-order valence-electron chi connectivity index (χ0n) is 26.1. The van der Waals surface area contributed by atoms with Crippen LogP contribution in [0.15, 0.2) is 24.5 Å². The standard InChI is InChI=1S/C33H44F2N8O/c1-21-17-36-10-6-29(21)40-12-7-25(8-13-40)43-30-9-14-41(22(2)44)20-28(30)33(38-43)42-11-4-5-23-15-26(24-18-37-39(3)19-24)27(32(34)35)16-31(23)42/h15-16,18-19,21,25,29,32,36H,4-14,17,20H2,1-3H3/t21-,29-/m0/s1. The maximum absolute atomic E-state index is 14.6. The van der Waals surface area contributed by atoms with Gasteiger partial charge in [0.2, 0.25) is 5.91 Å². The summed E-state index contributed by atoms with van der Waals surface area (Å²) >= 11 is 0. The van der Waals surface area contributed by atoms with Crippen molar-refractivity contribution in [3.63, 3.8) is 0 Å². The molecule has 0 aliphatic carbocycles. The molecule has 236 valence electrons. The highest BCUT2D eigenvalue weighted by Crippen LogP contribution is 2.43. The van der Waals surface area contributed by atoms with E-state index >= 15 is 0 Å². The number of alkyl halides is 2. The van der Waals surface area contributed by atoms with E-state index < -0.39 is 6.43 Å². The van der Waals surface area contributed by atoms with Crippen LogP contribution in [0.1, 0.15) is 74.4 Å². The molecule has 2 fully saturated rings. The number of nitrogens with one attached hydrogen (secondary N) is 1. The van der Waals surface area contributed by atoms with E-state index in [-0.39, 0.29) is 11.5 Å². The molecule has 4 aliphatic rings. The number of anilines is 2. The van der Waals surface area contributed by atoms with Crippen LogP contribution in [0.3, 0.4) is 0 Å². The Morgan fingerprint density at radius 2 is 1.91 bits per heavy atom. The van der Waals surface area contributed by atoms with Gasteiger partial charge in [0.05, 0.1) is 18.8 Å². The first-order valence-electron chi connectivity index (χ1n) is 16.3. The number of aromatic nitrogens is 4. The van der Waals surface area contributed by atoms with Crippen molar-refractivity contribution in [2.75, 3.05) is 44.2 Å². The number of halogens is 2. The van der Waals surface area contributed by atoms with Gasteiger partial charge >= 0.3 is 0 Å². The zero-order chi connectivity index (χ0) is 30.5.